The van der Waals surface area contributed by atoms with Crippen LogP contribution in [0.2, 0.25) is 0 Å². The van der Waals surface area contributed by atoms with Crippen LogP contribution in [0.25, 0.3) is 0 Å². The number of nitrogens with one attached hydrogen (secondary N) is 1. The van der Waals surface area contributed by atoms with Gasteiger partial charge in [0.25, 0.3) is 0 Å². The largest absolute Gasteiger partial charge is 0.393 e. The van der Waals surface area contributed by atoms with Gasteiger partial charge in [-0.3, -0.25) is 9.69 Å². The molecule has 1 aliphatic rings. The highest BCUT2D eigenvalue weighted by molar-refractivity contribution is 7.13. The first kappa shape index (κ1) is 16.8. The van der Waals surface area contributed by atoms with Crippen LogP contribution in [0.15, 0.2) is 35.8 Å². The maximum atomic E-state index is 13.3. The third kappa shape index (κ3) is 3.90. The van der Waals surface area contributed by atoms with E-state index in [2.05, 4.69) is 15.5 Å². The van der Waals surface area contributed by atoms with Crippen molar-refractivity contribution in [2.45, 2.75) is 12.7 Å². The highest BCUT2D eigenvalue weighted by atomic mass is 32.1. The molecule has 128 valence electrons. The van der Waals surface area contributed by atoms with E-state index >= 15 is 0 Å². The van der Waals surface area contributed by atoms with Crippen molar-refractivity contribution in [2.24, 2.45) is 11.8 Å². The zero-order valence-corrected chi connectivity index (χ0v) is 13.3. The Bertz CT molecular complexity index is 678. The van der Waals surface area contributed by atoms with Crippen molar-refractivity contribution in [3.05, 3.63) is 41.4 Å². The zero-order chi connectivity index (χ0) is 17.2. The molecule has 1 fully saturated rings. The van der Waals surface area contributed by atoms with Gasteiger partial charge in [-0.2, -0.15) is 13.2 Å². The molecule has 1 aromatic heterocycles. The van der Waals surface area contributed by atoms with E-state index in [9.17, 15) is 18.0 Å². The number of halogens is 3. The topological polar surface area (TPSA) is 58.1 Å². The van der Waals surface area contributed by atoms with Crippen molar-refractivity contribution in [3.63, 3.8) is 0 Å². The molecule has 1 aromatic carbocycles. The maximum Gasteiger partial charge on any atom is 0.393 e. The molecule has 0 saturated carbocycles. The van der Waals surface area contributed by atoms with Gasteiger partial charge in [-0.25, -0.2) is 0 Å². The highest BCUT2D eigenvalue weighted by Gasteiger charge is 2.52. The van der Waals surface area contributed by atoms with Crippen LogP contribution in [0.4, 0.5) is 18.3 Å². The molecule has 1 amide bonds. The molecule has 0 unspecified atom stereocenters. The van der Waals surface area contributed by atoms with Crippen LogP contribution >= 0.6 is 11.3 Å². The lowest BCUT2D eigenvalue weighted by molar-refractivity contribution is -0.182. The van der Waals surface area contributed by atoms with Gasteiger partial charge in [0, 0.05) is 19.6 Å². The molecule has 1 saturated heterocycles. The van der Waals surface area contributed by atoms with Gasteiger partial charge in [-0.1, -0.05) is 41.7 Å². The highest BCUT2D eigenvalue weighted by Crippen LogP contribution is 2.38. The van der Waals surface area contributed by atoms with Gasteiger partial charge < -0.3 is 5.32 Å². The van der Waals surface area contributed by atoms with Gasteiger partial charge in [-0.05, 0) is 5.56 Å². The minimum atomic E-state index is -4.42. The van der Waals surface area contributed by atoms with Crippen molar-refractivity contribution < 1.29 is 18.0 Å². The number of alkyl halides is 3. The summed E-state index contributed by atoms with van der Waals surface area (Å²) in [5.74, 6) is -3.50. The number of carbonyl (C=O) groups excluding carboxylic acids is 1. The molecule has 1 N–H and O–H groups in total. The third-order valence-electron chi connectivity index (χ3n) is 3.99. The number of likely N-dealkylation sites (tertiary alicyclic amines) is 1. The molecule has 3 rings (SSSR count). The number of rotatable bonds is 4. The molecule has 0 bridgehead atoms. The van der Waals surface area contributed by atoms with Crippen LogP contribution in [0, 0.1) is 11.8 Å². The lowest BCUT2D eigenvalue weighted by Crippen LogP contribution is -2.36. The van der Waals surface area contributed by atoms with Crippen LogP contribution in [0.1, 0.15) is 5.56 Å². The first-order valence-electron chi connectivity index (χ1n) is 7.33. The van der Waals surface area contributed by atoms with Crippen molar-refractivity contribution in [1.82, 2.24) is 15.1 Å². The van der Waals surface area contributed by atoms with Crippen LogP contribution in [0.3, 0.4) is 0 Å². The number of amides is 1. The predicted molar refractivity (Wildman–Crippen MR) is 83.3 cm³/mol. The molecular weight excluding hydrogens is 341 g/mol. The van der Waals surface area contributed by atoms with Crippen molar-refractivity contribution in [2.75, 3.05) is 18.4 Å². The molecule has 2 heterocycles. The predicted octanol–water partition coefficient (Wildman–Crippen LogP) is 2.79. The molecule has 0 radical (unpaired) electrons. The lowest BCUT2D eigenvalue weighted by atomic mass is 9.95. The Morgan fingerprint density at radius 2 is 2.04 bits per heavy atom. The van der Waals surface area contributed by atoms with Gasteiger partial charge in [0.15, 0.2) is 0 Å². The van der Waals surface area contributed by atoms with E-state index in [-0.39, 0.29) is 18.2 Å². The number of nitrogens with zero attached hydrogens (tertiary/aromatic N) is 3. The molecule has 5 nitrogen and oxygen atoms in total. The number of hydrogen-bond donors (Lipinski definition) is 1. The van der Waals surface area contributed by atoms with E-state index in [0.717, 1.165) is 16.9 Å². The number of benzene rings is 1. The maximum absolute atomic E-state index is 13.3. The number of aromatic nitrogens is 2. The monoisotopic (exact) mass is 356 g/mol. The summed E-state index contributed by atoms with van der Waals surface area (Å²) in [6, 6.07) is 9.25. The Morgan fingerprint density at radius 1 is 1.29 bits per heavy atom. The van der Waals surface area contributed by atoms with Gasteiger partial charge in [0.2, 0.25) is 11.0 Å². The van der Waals surface area contributed by atoms with Gasteiger partial charge >= 0.3 is 6.18 Å². The van der Waals surface area contributed by atoms with Gasteiger partial charge in [0.05, 0.1) is 11.8 Å². The number of hydrogen-bond acceptors (Lipinski definition) is 5. The summed E-state index contributed by atoms with van der Waals surface area (Å²) in [5, 5.41) is 9.85. The second kappa shape index (κ2) is 6.86. The Morgan fingerprint density at radius 3 is 2.67 bits per heavy atom. The zero-order valence-electron chi connectivity index (χ0n) is 12.5. The summed E-state index contributed by atoms with van der Waals surface area (Å²) in [6.45, 7) is 0.256. The van der Waals surface area contributed by atoms with E-state index in [0.29, 0.717) is 6.54 Å². The van der Waals surface area contributed by atoms with E-state index in [1.54, 1.807) is 4.90 Å². The Hall–Kier alpha value is -2.00. The third-order valence-corrected chi connectivity index (χ3v) is 4.60. The quantitative estimate of drug-likeness (QED) is 0.915. The van der Waals surface area contributed by atoms with Crippen LogP contribution < -0.4 is 5.32 Å². The van der Waals surface area contributed by atoms with Crippen molar-refractivity contribution in [3.8, 4) is 0 Å². The molecule has 9 heteroatoms. The molecule has 1 aliphatic heterocycles. The number of carbonyl (C=O) groups is 1. The molecule has 2 atom stereocenters. The summed E-state index contributed by atoms with van der Waals surface area (Å²) in [5.41, 5.74) is 2.33. The summed E-state index contributed by atoms with van der Waals surface area (Å²) < 4.78 is 40.0. The molecule has 24 heavy (non-hydrogen) atoms. The summed E-state index contributed by atoms with van der Waals surface area (Å²) in [4.78, 5) is 13.9. The fourth-order valence-electron chi connectivity index (χ4n) is 2.88. The van der Waals surface area contributed by atoms with E-state index in [1.807, 2.05) is 30.3 Å². The molecule has 0 aliphatic carbocycles. The Labute approximate surface area is 140 Å². The van der Waals surface area contributed by atoms with Crippen LogP contribution in [-0.2, 0) is 11.3 Å². The first-order chi connectivity index (χ1) is 11.4. The summed E-state index contributed by atoms with van der Waals surface area (Å²) >= 11 is 1.07. The normalized spacial score (nSPS) is 21.8. The molecule has 0 spiro atoms. The Balaban J connectivity index is 1.72. The van der Waals surface area contributed by atoms with Crippen molar-refractivity contribution >= 4 is 22.4 Å². The fraction of sp³-hybridized carbons (Fsp3) is 0.400. The Kier molecular flexibility index (Phi) is 4.81. The van der Waals surface area contributed by atoms with Crippen LogP contribution in [-0.4, -0.2) is 40.3 Å². The lowest BCUT2D eigenvalue weighted by Gasteiger charge is -2.20. The van der Waals surface area contributed by atoms with Gasteiger partial charge in [0.1, 0.15) is 5.51 Å². The number of anilines is 1. The van der Waals surface area contributed by atoms with E-state index < -0.39 is 23.9 Å². The summed E-state index contributed by atoms with van der Waals surface area (Å²) in [6.07, 6.45) is -4.42. The van der Waals surface area contributed by atoms with E-state index in [4.69, 9.17) is 0 Å². The average molecular weight is 356 g/mol. The summed E-state index contributed by atoms with van der Waals surface area (Å²) in [7, 11) is 0. The smallest absolute Gasteiger partial charge is 0.300 e. The average Bonchev–Trinajstić information content (AvgIpc) is 3.17. The molecule has 2 aromatic rings. The second-order valence-electron chi connectivity index (χ2n) is 5.67. The molecular formula is C15H15F3N4OS. The van der Waals surface area contributed by atoms with Gasteiger partial charge in [-0.15, -0.1) is 10.2 Å². The second-order valence-corrected chi connectivity index (χ2v) is 6.50. The van der Waals surface area contributed by atoms with Crippen LogP contribution in [0.5, 0.6) is 0 Å². The van der Waals surface area contributed by atoms with Crippen molar-refractivity contribution in [1.29, 1.82) is 0 Å². The SMILES string of the molecule is O=C(Nc1nncs1)[C@H]1CN(Cc2ccccc2)C[C@@H]1C(F)(F)F. The minimum absolute atomic E-state index is 0.0592. The fourth-order valence-corrected chi connectivity index (χ4v) is 3.33. The standard InChI is InChI=1S/C15H15F3N4OS/c16-15(17,18)12-8-22(6-10-4-2-1-3-5-10)7-11(12)13(23)20-14-21-19-9-24-14/h1-5,9,11-12H,6-8H2,(H,20,21,23)/t11-,12-/m0/s1. The first-order valence-corrected chi connectivity index (χ1v) is 8.21. The minimum Gasteiger partial charge on any atom is -0.300 e. The van der Waals surface area contributed by atoms with E-state index in [1.165, 1.54) is 5.51 Å².